The Bertz CT molecular complexity index is 961. The number of nitrogens with zero attached hydrogens (tertiary/aromatic N) is 2. The quantitative estimate of drug-likeness (QED) is 0.795. The second-order valence-electron chi connectivity index (χ2n) is 7.32. The number of aromatic nitrogens is 1. The van der Waals surface area contributed by atoms with Crippen molar-refractivity contribution in [3.05, 3.63) is 77.1 Å². The van der Waals surface area contributed by atoms with E-state index in [0.717, 1.165) is 23.5 Å². The first kappa shape index (κ1) is 18.2. The smallest absolute Gasteiger partial charge is 0.164 e. The van der Waals surface area contributed by atoms with Gasteiger partial charge in [-0.15, -0.1) is 0 Å². The summed E-state index contributed by atoms with van der Waals surface area (Å²) in [5.41, 5.74) is 7.76. The van der Waals surface area contributed by atoms with Crippen LogP contribution in [0, 0.1) is 18.7 Å². The molecule has 0 unspecified atom stereocenters. The molecule has 1 aromatic carbocycles. The fourth-order valence-corrected chi connectivity index (χ4v) is 3.31. The maximum absolute atomic E-state index is 13.4. The molecule has 0 radical (unpaired) electrons. The maximum atomic E-state index is 13.4. The van der Waals surface area contributed by atoms with Crippen LogP contribution in [-0.4, -0.2) is 22.3 Å². The van der Waals surface area contributed by atoms with E-state index >= 15 is 0 Å². The first-order chi connectivity index (χ1) is 13.5. The van der Waals surface area contributed by atoms with Crippen LogP contribution in [0.3, 0.4) is 0 Å². The number of aryl methyl sites for hydroxylation is 1. The Morgan fingerprint density at radius 2 is 2.04 bits per heavy atom. The summed E-state index contributed by atoms with van der Waals surface area (Å²) >= 11 is 0. The molecule has 1 aliphatic heterocycles. The molecule has 2 aliphatic rings. The highest BCUT2D eigenvalue weighted by atomic mass is 19.1. The second-order valence-corrected chi connectivity index (χ2v) is 7.32. The van der Waals surface area contributed by atoms with Gasteiger partial charge in [0.05, 0.1) is 28.3 Å². The number of benzene rings is 1. The molecule has 6 heteroatoms. The molecule has 1 aromatic heterocycles. The maximum Gasteiger partial charge on any atom is 0.164 e. The predicted octanol–water partition coefficient (Wildman–Crippen LogP) is 4.01. The average molecular weight is 378 g/mol. The number of nitrogens with one attached hydrogen (secondary N) is 2. The van der Waals surface area contributed by atoms with Gasteiger partial charge in [0.1, 0.15) is 5.82 Å². The number of anilines is 1. The Kier molecular flexibility index (Phi) is 4.86. The van der Waals surface area contributed by atoms with E-state index in [4.69, 9.17) is 0 Å². The first-order valence-electron chi connectivity index (χ1n) is 9.46. The van der Waals surface area contributed by atoms with Crippen LogP contribution in [0.1, 0.15) is 31.0 Å². The summed E-state index contributed by atoms with van der Waals surface area (Å²) in [4.78, 5) is 16.9. The minimum atomic E-state index is -0.306. The Hall–Kier alpha value is -3.15. The Labute approximate surface area is 163 Å². The lowest BCUT2D eigenvalue weighted by Crippen LogP contribution is -2.39. The molecule has 28 heavy (non-hydrogen) atoms. The van der Waals surface area contributed by atoms with E-state index in [-0.39, 0.29) is 11.6 Å². The van der Waals surface area contributed by atoms with Gasteiger partial charge in [0.25, 0.3) is 0 Å². The first-order valence-corrected chi connectivity index (χ1v) is 9.46. The number of pyridine rings is 1. The van der Waals surface area contributed by atoms with Crippen LogP contribution < -0.4 is 10.7 Å². The number of ketones is 1. The fourth-order valence-electron chi connectivity index (χ4n) is 3.31. The van der Waals surface area contributed by atoms with Gasteiger partial charge in [0, 0.05) is 24.5 Å². The van der Waals surface area contributed by atoms with Crippen molar-refractivity contribution < 1.29 is 9.18 Å². The zero-order chi connectivity index (χ0) is 19.7. The van der Waals surface area contributed by atoms with Gasteiger partial charge in [-0.25, -0.2) is 4.39 Å². The number of rotatable bonds is 6. The van der Waals surface area contributed by atoms with Crippen molar-refractivity contribution in [2.45, 2.75) is 26.7 Å². The third-order valence-electron chi connectivity index (χ3n) is 4.97. The molecule has 1 fully saturated rings. The lowest BCUT2D eigenvalue weighted by molar-refractivity contribution is -0.113. The number of Topliss-reactive ketones (excluding diaryl/α,β-unsaturated/α-hetero) is 1. The van der Waals surface area contributed by atoms with Gasteiger partial charge < -0.3 is 5.32 Å². The standard InChI is InChI=1S/C22H23FN4O/c1-14-19(4-3-11-24-14)25-20-13-27(12-16-5-6-16)26-22(21(20)15(2)28)17-7-9-18(23)10-8-17/h3-4,7-11,13,16,25-26H,5-6,12H2,1-2H3. The van der Waals surface area contributed by atoms with Crippen LogP contribution in [-0.2, 0) is 4.79 Å². The van der Waals surface area contributed by atoms with Crippen molar-refractivity contribution in [3.8, 4) is 0 Å². The summed E-state index contributed by atoms with van der Waals surface area (Å²) in [5.74, 6) is 0.274. The van der Waals surface area contributed by atoms with E-state index in [9.17, 15) is 9.18 Å². The summed E-state index contributed by atoms with van der Waals surface area (Å²) in [6, 6.07) is 9.98. The molecule has 0 bridgehead atoms. The lowest BCUT2D eigenvalue weighted by atomic mass is 9.99. The van der Waals surface area contributed by atoms with Gasteiger partial charge >= 0.3 is 0 Å². The van der Waals surface area contributed by atoms with Crippen LogP contribution >= 0.6 is 0 Å². The molecule has 2 N–H and O–H groups in total. The summed E-state index contributed by atoms with van der Waals surface area (Å²) in [7, 11) is 0. The molecule has 0 atom stereocenters. The normalized spacial score (nSPS) is 16.5. The molecular weight excluding hydrogens is 355 g/mol. The van der Waals surface area contributed by atoms with Crippen molar-refractivity contribution in [2.75, 3.05) is 11.9 Å². The van der Waals surface area contributed by atoms with Crippen molar-refractivity contribution in [1.29, 1.82) is 0 Å². The topological polar surface area (TPSA) is 57.3 Å². The molecule has 1 aliphatic carbocycles. The molecule has 0 spiro atoms. The van der Waals surface area contributed by atoms with Crippen LogP contribution in [0.4, 0.5) is 10.1 Å². The Morgan fingerprint density at radius 1 is 1.29 bits per heavy atom. The number of carbonyl (C=O) groups excluding carboxylic acids is 1. The van der Waals surface area contributed by atoms with E-state index in [2.05, 4.69) is 15.7 Å². The van der Waals surface area contributed by atoms with E-state index in [0.29, 0.717) is 22.9 Å². The summed E-state index contributed by atoms with van der Waals surface area (Å²) in [6.07, 6.45) is 6.11. The van der Waals surface area contributed by atoms with Gasteiger partial charge in [0.15, 0.2) is 5.78 Å². The molecule has 144 valence electrons. The van der Waals surface area contributed by atoms with E-state index < -0.39 is 0 Å². The zero-order valence-corrected chi connectivity index (χ0v) is 16.0. The number of hydrogen-bond acceptors (Lipinski definition) is 5. The number of halogens is 1. The minimum absolute atomic E-state index is 0.0711. The summed E-state index contributed by atoms with van der Waals surface area (Å²) in [6.45, 7) is 4.32. The van der Waals surface area contributed by atoms with Crippen LogP contribution in [0.15, 0.2) is 60.1 Å². The van der Waals surface area contributed by atoms with Gasteiger partial charge in [-0.1, -0.05) is 0 Å². The monoisotopic (exact) mass is 378 g/mol. The van der Waals surface area contributed by atoms with Crippen molar-refractivity contribution in [1.82, 2.24) is 15.4 Å². The molecule has 1 saturated carbocycles. The minimum Gasteiger partial charge on any atom is -0.352 e. The third-order valence-corrected chi connectivity index (χ3v) is 4.97. The van der Waals surface area contributed by atoms with Gasteiger partial charge in [0.2, 0.25) is 0 Å². The van der Waals surface area contributed by atoms with Gasteiger partial charge in [-0.2, -0.15) is 0 Å². The number of carbonyl (C=O) groups is 1. The third kappa shape index (κ3) is 3.91. The number of hydrogen-bond donors (Lipinski definition) is 2. The van der Waals surface area contributed by atoms with E-state index in [1.165, 1.54) is 25.0 Å². The molecule has 0 amide bonds. The SMILES string of the molecule is CC(=O)C1=C(c2ccc(F)cc2)NN(CC2CC2)C=C1Nc1cccnc1C. The van der Waals surface area contributed by atoms with E-state index in [1.807, 2.05) is 30.3 Å². The van der Waals surface area contributed by atoms with E-state index in [1.54, 1.807) is 25.3 Å². The Balaban J connectivity index is 1.77. The van der Waals surface area contributed by atoms with Crippen LogP contribution in [0.25, 0.3) is 5.70 Å². The average Bonchev–Trinajstić information content (AvgIpc) is 3.47. The van der Waals surface area contributed by atoms with Crippen LogP contribution in [0.5, 0.6) is 0 Å². The zero-order valence-electron chi connectivity index (χ0n) is 16.0. The van der Waals surface area contributed by atoms with Crippen LogP contribution in [0.2, 0.25) is 0 Å². The van der Waals surface area contributed by atoms with Crippen molar-refractivity contribution >= 4 is 17.2 Å². The summed E-state index contributed by atoms with van der Waals surface area (Å²) in [5, 5.41) is 5.39. The van der Waals surface area contributed by atoms with Crippen molar-refractivity contribution in [2.24, 2.45) is 5.92 Å². The predicted molar refractivity (Wildman–Crippen MR) is 107 cm³/mol. The molecular formula is C22H23FN4O. The highest BCUT2D eigenvalue weighted by Gasteiger charge is 2.29. The van der Waals surface area contributed by atoms with Crippen molar-refractivity contribution in [3.63, 3.8) is 0 Å². The highest BCUT2D eigenvalue weighted by Crippen LogP contribution is 2.33. The van der Waals surface area contributed by atoms with Gasteiger partial charge in [-0.05, 0) is 69.0 Å². The van der Waals surface area contributed by atoms with Gasteiger partial charge in [-0.3, -0.25) is 20.2 Å². The molecule has 2 heterocycles. The largest absolute Gasteiger partial charge is 0.352 e. The fraction of sp³-hybridized carbons (Fsp3) is 0.273. The Morgan fingerprint density at radius 3 is 2.68 bits per heavy atom. The highest BCUT2D eigenvalue weighted by molar-refractivity contribution is 6.06. The number of allylic oxidation sites excluding steroid dienone is 1. The molecule has 2 aromatic rings. The lowest BCUT2D eigenvalue weighted by Gasteiger charge is -2.32. The molecule has 0 saturated heterocycles. The molecule has 5 nitrogen and oxygen atoms in total. The second kappa shape index (κ2) is 7.46. The molecule has 4 rings (SSSR count). The number of hydrazine groups is 1. The summed E-state index contributed by atoms with van der Waals surface area (Å²) < 4.78 is 13.4.